The normalized spacial score (nSPS) is 15.8. The maximum absolute atomic E-state index is 12.7. The van der Waals surface area contributed by atoms with Gasteiger partial charge in [-0.05, 0) is 31.2 Å². The van der Waals surface area contributed by atoms with Crippen LogP contribution >= 0.6 is 11.9 Å². The molecule has 0 saturated carbocycles. The lowest BCUT2D eigenvalue weighted by Crippen LogP contribution is -2.45. The fourth-order valence-electron chi connectivity index (χ4n) is 2.33. The van der Waals surface area contributed by atoms with E-state index >= 15 is 0 Å². The van der Waals surface area contributed by atoms with Gasteiger partial charge in [0, 0.05) is 11.9 Å². The summed E-state index contributed by atoms with van der Waals surface area (Å²) in [6.07, 6.45) is 0. The lowest BCUT2D eigenvalue weighted by molar-refractivity contribution is 0.0989. The lowest BCUT2D eigenvalue weighted by Gasteiger charge is -2.32. The molecule has 0 aromatic heterocycles. The Labute approximate surface area is 120 Å². The first-order chi connectivity index (χ1) is 9.74. The summed E-state index contributed by atoms with van der Waals surface area (Å²) >= 11 is 1.32. The zero-order valence-electron chi connectivity index (χ0n) is 10.7. The van der Waals surface area contributed by atoms with Crippen molar-refractivity contribution in [1.29, 1.82) is 0 Å². The molecule has 0 atom stereocenters. The number of para-hydroxylation sites is 1. The Hall–Kier alpha value is -2.27. The molecule has 2 aliphatic heterocycles. The number of aryl methyl sites for hydroxylation is 1. The fraction of sp³-hybridized carbons (Fsp3) is 0.0667. The molecule has 1 amide bonds. The number of carbonyl (C=O) groups is 1. The lowest BCUT2D eigenvalue weighted by atomic mass is 10.1. The number of hydrogen-bond acceptors (Lipinski definition) is 4. The van der Waals surface area contributed by atoms with E-state index < -0.39 is 0 Å². The summed E-state index contributed by atoms with van der Waals surface area (Å²) in [6, 6.07) is 13.6. The number of amides is 1. The van der Waals surface area contributed by atoms with Crippen LogP contribution < -0.4 is 9.64 Å². The van der Waals surface area contributed by atoms with Crippen molar-refractivity contribution in [2.75, 3.05) is 4.90 Å². The molecule has 20 heavy (non-hydrogen) atoms. The molecule has 0 bridgehead atoms. The quantitative estimate of drug-likeness (QED) is 0.695. The first-order valence-electron chi connectivity index (χ1n) is 6.21. The van der Waals surface area contributed by atoms with Gasteiger partial charge in [-0.25, -0.2) is 4.90 Å². The largest absolute Gasteiger partial charge is 0.424 e. The summed E-state index contributed by atoms with van der Waals surface area (Å²) in [5.41, 5.74) is 2.42. The standard InChI is InChI=1S/C15H10N2O2S/c1-9-6-7-12-10(8-9)14(18)17-11-4-2-3-5-13(11)20-16-15(17)19-12/h2-8H,1H3. The van der Waals surface area contributed by atoms with Crippen LogP contribution in [0, 0.1) is 6.92 Å². The molecule has 0 radical (unpaired) electrons. The molecule has 0 saturated heterocycles. The average Bonchev–Trinajstić information content (AvgIpc) is 2.48. The van der Waals surface area contributed by atoms with Crippen LogP contribution in [0.2, 0.25) is 0 Å². The Bertz CT molecular complexity index is 770. The molecule has 0 unspecified atom stereocenters. The van der Waals surface area contributed by atoms with Gasteiger partial charge in [-0.15, -0.1) is 0 Å². The number of benzene rings is 2. The van der Waals surface area contributed by atoms with Crippen LogP contribution in [-0.2, 0) is 0 Å². The SMILES string of the molecule is Cc1ccc2c(c1)C(=O)N1C(=NSc3ccccc31)O2. The van der Waals surface area contributed by atoms with Crippen molar-refractivity contribution in [1.82, 2.24) is 0 Å². The van der Waals surface area contributed by atoms with E-state index in [-0.39, 0.29) is 5.91 Å². The van der Waals surface area contributed by atoms with E-state index in [1.165, 1.54) is 16.8 Å². The van der Waals surface area contributed by atoms with Crippen molar-refractivity contribution >= 4 is 29.6 Å². The van der Waals surface area contributed by atoms with Crippen molar-refractivity contribution in [3.8, 4) is 5.75 Å². The van der Waals surface area contributed by atoms with E-state index in [0.29, 0.717) is 17.3 Å². The van der Waals surface area contributed by atoms with Crippen molar-refractivity contribution in [3.05, 3.63) is 53.6 Å². The van der Waals surface area contributed by atoms with Gasteiger partial charge in [0.2, 0.25) is 0 Å². The highest BCUT2D eigenvalue weighted by molar-refractivity contribution is 7.98. The van der Waals surface area contributed by atoms with Gasteiger partial charge in [0.25, 0.3) is 5.91 Å². The fourth-order valence-corrected chi connectivity index (χ4v) is 3.02. The predicted molar refractivity (Wildman–Crippen MR) is 78.4 cm³/mol. The highest BCUT2D eigenvalue weighted by atomic mass is 32.2. The zero-order chi connectivity index (χ0) is 13.7. The van der Waals surface area contributed by atoms with Crippen LogP contribution in [0.15, 0.2) is 51.8 Å². The van der Waals surface area contributed by atoms with E-state index in [1.54, 1.807) is 0 Å². The molecule has 2 aromatic rings. The predicted octanol–water partition coefficient (Wildman–Crippen LogP) is 3.41. The molecule has 2 aliphatic rings. The monoisotopic (exact) mass is 282 g/mol. The Morgan fingerprint density at radius 3 is 2.95 bits per heavy atom. The Balaban J connectivity index is 1.91. The molecule has 0 fully saturated rings. The molecule has 5 heteroatoms. The Morgan fingerprint density at radius 1 is 1.20 bits per heavy atom. The van der Waals surface area contributed by atoms with Crippen LogP contribution in [-0.4, -0.2) is 11.9 Å². The van der Waals surface area contributed by atoms with Crippen LogP contribution in [0.4, 0.5) is 5.69 Å². The summed E-state index contributed by atoms with van der Waals surface area (Å²) in [4.78, 5) is 15.2. The third-order valence-electron chi connectivity index (χ3n) is 3.29. The summed E-state index contributed by atoms with van der Waals surface area (Å²) in [5, 5.41) is 0. The second-order valence-electron chi connectivity index (χ2n) is 4.68. The highest BCUT2D eigenvalue weighted by Crippen LogP contribution is 2.39. The van der Waals surface area contributed by atoms with E-state index in [1.807, 2.05) is 49.4 Å². The number of rotatable bonds is 0. The molecule has 0 aliphatic carbocycles. The van der Waals surface area contributed by atoms with Crippen molar-refractivity contribution in [3.63, 3.8) is 0 Å². The number of carbonyl (C=O) groups excluding carboxylic acids is 1. The van der Waals surface area contributed by atoms with E-state index in [4.69, 9.17) is 4.74 Å². The van der Waals surface area contributed by atoms with Crippen molar-refractivity contribution in [2.45, 2.75) is 11.8 Å². The number of anilines is 1. The second kappa shape index (κ2) is 4.11. The summed E-state index contributed by atoms with van der Waals surface area (Å²) in [6.45, 7) is 1.96. The maximum Gasteiger partial charge on any atom is 0.316 e. The van der Waals surface area contributed by atoms with Gasteiger partial charge in [0.1, 0.15) is 5.75 Å². The summed E-state index contributed by atoms with van der Waals surface area (Å²) < 4.78 is 10.0. The molecule has 0 spiro atoms. The zero-order valence-corrected chi connectivity index (χ0v) is 11.5. The molecule has 2 aromatic carbocycles. The molecule has 98 valence electrons. The van der Waals surface area contributed by atoms with Gasteiger partial charge >= 0.3 is 6.02 Å². The number of fused-ring (bicyclic) bond motifs is 4. The summed E-state index contributed by atoms with van der Waals surface area (Å²) in [7, 11) is 0. The highest BCUT2D eigenvalue weighted by Gasteiger charge is 2.36. The van der Waals surface area contributed by atoms with Crippen LogP contribution in [0.3, 0.4) is 0 Å². The average molecular weight is 282 g/mol. The van der Waals surface area contributed by atoms with Crippen molar-refractivity contribution in [2.24, 2.45) is 4.40 Å². The third-order valence-corrected chi connectivity index (χ3v) is 4.08. The van der Waals surface area contributed by atoms with Gasteiger partial charge in [-0.2, -0.15) is 4.40 Å². The molecule has 4 nitrogen and oxygen atoms in total. The Morgan fingerprint density at radius 2 is 2.05 bits per heavy atom. The van der Waals surface area contributed by atoms with Crippen LogP contribution in [0.25, 0.3) is 0 Å². The smallest absolute Gasteiger partial charge is 0.316 e. The number of nitrogens with zero attached hydrogens (tertiary/aromatic N) is 2. The van der Waals surface area contributed by atoms with E-state index in [9.17, 15) is 4.79 Å². The third kappa shape index (κ3) is 1.56. The van der Waals surface area contributed by atoms with Gasteiger partial charge < -0.3 is 4.74 Å². The number of amidine groups is 1. The molecule has 0 N–H and O–H groups in total. The van der Waals surface area contributed by atoms with Gasteiger partial charge in [-0.3, -0.25) is 4.79 Å². The number of ether oxygens (including phenoxy) is 1. The number of hydrogen-bond donors (Lipinski definition) is 0. The van der Waals surface area contributed by atoms with E-state index in [0.717, 1.165) is 16.1 Å². The second-order valence-corrected chi connectivity index (χ2v) is 5.48. The molecule has 4 rings (SSSR count). The van der Waals surface area contributed by atoms with Crippen molar-refractivity contribution < 1.29 is 9.53 Å². The molecular weight excluding hydrogens is 272 g/mol. The minimum atomic E-state index is -0.0959. The van der Waals surface area contributed by atoms with Crippen LogP contribution in [0.5, 0.6) is 5.75 Å². The van der Waals surface area contributed by atoms with Crippen LogP contribution in [0.1, 0.15) is 15.9 Å². The first-order valence-corrected chi connectivity index (χ1v) is 6.98. The van der Waals surface area contributed by atoms with E-state index in [2.05, 4.69) is 4.40 Å². The topological polar surface area (TPSA) is 41.9 Å². The molecular formula is C15H10N2O2S. The summed E-state index contributed by atoms with van der Waals surface area (Å²) in [5.74, 6) is 0.469. The Kier molecular flexibility index (Phi) is 2.37. The minimum absolute atomic E-state index is 0.0959. The van der Waals surface area contributed by atoms with Gasteiger partial charge in [0.05, 0.1) is 16.1 Å². The minimum Gasteiger partial charge on any atom is -0.424 e. The van der Waals surface area contributed by atoms with Gasteiger partial charge in [-0.1, -0.05) is 23.8 Å². The first kappa shape index (κ1) is 11.5. The maximum atomic E-state index is 12.7. The molecule has 2 heterocycles. The van der Waals surface area contributed by atoms with Gasteiger partial charge in [0.15, 0.2) is 0 Å².